The van der Waals surface area contributed by atoms with Crippen LogP contribution in [0, 0.1) is 0 Å². The summed E-state index contributed by atoms with van der Waals surface area (Å²) in [7, 11) is -3.79. The van der Waals surface area contributed by atoms with Gasteiger partial charge in [0.1, 0.15) is 6.04 Å². The summed E-state index contributed by atoms with van der Waals surface area (Å²) < 4.78 is 27.7. The number of carbonyl (C=O) groups is 2. The predicted octanol–water partition coefficient (Wildman–Crippen LogP) is 1.67. The highest BCUT2D eigenvalue weighted by Crippen LogP contribution is 2.27. The van der Waals surface area contributed by atoms with E-state index in [1.54, 1.807) is 4.90 Å². The number of nitrogens with zero attached hydrogens (tertiary/aromatic N) is 2. The largest absolute Gasteiger partial charge is 0.338 e. The van der Waals surface area contributed by atoms with E-state index in [1.807, 2.05) is 6.92 Å². The van der Waals surface area contributed by atoms with Crippen molar-refractivity contribution in [1.82, 2.24) is 14.5 Å². The van der Waals surface area contributed by atoms with Crippen molar-refractivity contribution >= 4 is 34.1 Å². The standard InChI is InChI=1S/C19H27N3O4S.ClH/c1-14-13-21(12-10-20-14)19(24)18-5-3-4-11-22(18)27(25,26)17-8-6-16(7-9-17)15(2)23;/h6-9,14,18,20H,3-5,10-13H2,1-2H3;1H. The van der Waals surface area contributed by atoms with Crippen molar-refractivity contribution in [2.75, 3.05) is 26.2 Å². The van der Waals surface area contributed by atoms with Gasteiger partial charge in [0.15, 0.2) is 5.78 Å². The summed E-state index contributed by atoms with van der Waals surface area (Å²) in [6.07, 6.45) is 2.13. The average molecular weight is 430 g/mol. The van der Waals surface area contributed by atoms with E-state index in [1.165, 1.54) is 35.5 Å². The highest BCUT2D eigenvalue weighted by molar-refractivity contribution is 7.89. The molecule has 156 valence electrons. The van der Waals surface area contributed by atoms with Gasteiger partial charge in [-0.15, -0.1) is 12.4 Å². The van der Waals surface area contributed by atoms with Gasteiger partial charge in [-0.1, -0.05) is 18.6 Å². The van der Waals surface area contributed by atoms with E-state index in [2.05, 4.69) is 5.32 Å². The summed E-state index contributed by atoms with van der Waals surface area (Å²) in [5, 5.41) is 3.30. The van der Waals surface area contributed by atoms with Gasteiger partial charge in [0.25, 0.3) is 0 Å². The van der Waals surface area contributed by atoms with E-state index >= 15 is 0 Å². The van der Waals surface area contributed by atoms with E-state index in [4.69, 9.17) is 0 Å². The van der Waals surface area contributed by atoms with Gasteiger partial charge >= 0.3 is 0 Å². The van der Waals surface area contributed by atoms with Crippen LogP contribution in [0.4, 0.5) is 0 Å². The van der Waals surface area contributed by atoms with E-state index in [0.29, 0.717) is 31.6 Å². The fourth-order valence-corrected chi connectivity index (χ4v) is 5.43. The number of sulfonamides is 1. The maximum absolute atomic E-state index is 13.2. The van der Waals surface area contributed by atoms with Gasteiger partial charge in [-0.05, 0) is 38.8 Å². The number of ketones is 1. The maximum Gasteiger partial charge on any atom is 0.243 e. The number of carbonyl (C=O) groups excluding carboxylic acids is 2. The lowest BCUT2D eigenvalue weighted by atomic mass is 10.0. The average Bonchev–Trinajstić information content (AvgIpc) is 2.67. The number of Topliss-reactive ketones (excluding diaryl/α,β-unsaturated/α-hetero) is 1. The number of hydrogen-bond acceptors (Lipinski definition) is 5. The molecule has 1 N–H and O–H groups in total. The van der Waals surface area contributed by atoms with Crippen LogP contribution in [0.2, 0.25) is 0 Å². The molecule has 2 saturated heterocycles. The van der Waals surface area contributed by atoms with Crippen LogP contribution in [0.25, 0.3) is 0 Å². The van der Waals surface area contributed by atoms with Crippen LogP contribution in [-0.2, 0) is 14.8 Å². The molecule has 0 radical (unpaired) electrons. The van der Waals surface area contributed by atoms with E-state index < -0.39 is 16.1 Å². The topological polar surface area (TPSA) is 86.8 Å². The molecule has 0 spiro atoms. The zero-order valence-electron chi connectivity index (χ0n) is 16.3. The molecule has 0 bridgehead atoms. The van der Waals surface area contributed by atoms with Crippen LogP contribution in [0.15, 0.2) is 29.2 Å². The van der Waals surface area contributed by atoms with Crippen LogP contribution >= 0.6 is 12.4 Å². The molecule has 2 aliphatic heterocycles. The Bertz CT molecular complexity index is 813. The Labute approximate surface area is 172 Å². The van der Waals surface area contributed by atoms with Crippen LogP contribution < -0.4 is 5.32 Å². The molecule has 7 nitrogen and oxygen atoms in total. The number of halogens is 1. The first-order valence-corrected chi connectivity index (χ1v) is 10.9. The Hall–Kier alpha value is -1.48. The molecule has 2 aliphatic rings. The molecular weight excluding hydrogens is 402 g/mol. The number of piperazine rings is 1. The summed E-state index contributed by atoms with van der Waals surface area (Å²) in [6.45, 7) is 5.72. The molecule has 9 heteroatoms. The predicted molar refractivity (Wildman–Crippen MR) is 109 cm³/mol. The molecule has 2 unspecified atom stereocenters. The molecule has 28 heavy (non-hydrogen) atoms. The third-order valence-electron chi connectivity index (χ3n) is 5.29. The molecule has 0 saturated carbocycles. The summed E-state index contributed by atoms with van der Waals surface area (Å²) >= 11 is 0. The third kappa shape index (κ3) is 4.74. The Morgan fingerprint density at radius 3 is 2.39 bits per heavy atom. The van der Waals surface area contributed by atoms with Crippen LogP contribution in [0.3, 0.4) is 0 Å². The van der Waals surface area contributed by atoms with Crippen molar-refractivity contribution in [1.29, 1.82) is 0 Å². The van der Waals surface area contributed by atoms with Crippen molar-refractivity contribution in [2.24, 2.45) is 0 Å². The lowest BCUT2D eigenvalue weighted by molar-refractivity contribution is -0.137. The number of nitrogens with one attached hydrogen (secondary N) is 1. The molecule has 2 heterocycles. The first-order valence-electron chi connectivity index (χ1n) is 9.45. The Kier molecular flexibility index (Phi) is 7.61. The number of benzene rings is 1. The Balaban J connectivity index is 0.00000280. The molecule has 0 aromatic heterocycles. The number of rotatable bonds is 4. The monoisotopic (exact) mass is 429 g/mol. The summed E-state index contributed by atoms with van der Waals surface area (Å²) in [5.41, 5.74) is 0.468. The van der Waals surface area contributed by atoms with Gasteiger partial charge in [0.2, 0.25) is 15.9 Å². The van der Waals surface area contributed by atoms with Crippen LogP contribution in [0.5, 0.6) is 0 Å². The fourth-order valence-electron chi connectivity index (χ4n) is 3.78. The van der Waals surface area contributed by atoms with Crippen LogP contribution in [0.1, 0.15) is 43.5 Å². The van der Waals surface area contributed by atoms with Crippen molar-refractivity contribution in [3.63, 3.8) is 0 Å². The van der Waals surface area contributed by atoms with Crippen molar-refractivity contribution in [3.8, 4) is 0 Å². The lowest BCUT2D eigenvalue weighted by Gasteiger charge is -2.39. The normalized spacial score (nSPS) is 23.7. The van der Waals surface area contributed by atoms with Crippen molar-refractivity contribution in [2.45, 2.75) is 50.1 Å². The minimum absolute atomic E-state index is 0. The number of amides is 1. The number of piperidine rings is 1. The van der Waals surface area contributed by atoms with Gasteiger partial charge < -0.3 is 10.2 Å². The van der Waals surface area contributed by atoms with Crippen LogP contribution in [-0.4, -0.2) is 67.6 Å². The first kappa shape index (κ1) is 22.8. The minimum atomic E-state index is -3.79. The molecule has 1 aromatic rings. The molecule has 2 fully saturated rings. The first-order chi connectivity index (χ1) is 12.8. The second kappa shape index (κ2) is 9.35. The molecule has 0 aliphatic carbocycles. The zero-order valence-corrected chi connectivity index (χ0v) is 17.9. The molecule has 1 amide bonds. The third-order valence-corrected chi connectivity index (χ3v) is 7.21. The van der Waals surface area contributed by atoms with Crippen molar-refractivity contribution < 1.29 is 18.0 Å². The SMILES string of the molecule is CC(=O)c1ccc(S(=O)(=O)N2CCCCC2C(=O)N2CCNC(C)C2)cc1.Cl. The van der Waals surface area contributed by atoms with Gasteiger partial charge in [-0.25, -0.2) is 8.42 Å². The highest BCUT2D eigenvalue weighted by Gasteiger charge is 2.40. The second-order valence-corrected chi connectivity index (χ2v) is 9.24. The molecule has 3 rings (SSSR count). The molecular formula is C19H28ClN3O4S. The molecule has 1 aromatic carbocycles. The van der Waals surface area contributed by atoms with Gasteiger partial charge in [0, 0.05) is 37.8 Å². The maximum atomic E-state index is 13.2. The second-order valence-electron chi connectivity index (χ2n) is 7.35. The van der Waals surface area contributed by atoms with Crippen molar-refractivity contribution in [3.05, 3.63) is 29.8 Å². The number of hydrogen-bond donors (Lipinski definition) is 1. The summed E-state index contributed by atoms with van der Waals surface area (Å²) in [6, 6.07) is 5.50. The summed E-state index contributed by atoms with van der Waals surface area (Å²) in [5.74, 6) is -0.218. The zero-order chi connectivity index (χ0) is 19.6. The van der Waals surface area contributed by atoms with E-state index in [-0.39, 0.29) is 35.0 Å². The highest BCUT2D eigenvalue weighted by atomic mass is 35.5. The van der Waals surface area contributed by atoms with E-state index in [9.17, 15) is 18.0 Å². The Morgan fingerprint density at radius 1 is 1.11 bits per heavy atom. The minimum Gasteiger partial charge on any atom is -0.338 e. The smallest absolute Gasteiger partial charge is 0.243 e. The quantitative estimate of drug-likeness (QED) is 0.736. The van der Waals surface area contributed by atoms with E-state index in [0.717, 1.165) is 19.4 Å². The molecule has 2 atom stereocenters. The lowest BCUT2D eigenvalue weighted by Crippen LogP contribution is -2.58. The van der Waals surface area contributed by atoms with Gasteiger partial charge in [-0.2, -0.15) is 4.31 Å². The Morgan fingerprint density at radius 2 is 1.79 bits per heavy atom. The van der Waals surface area contributed by atoms with Gasteiger partial charge in [0.05, 0.1) is 4.90 Å². The van der Waals surface area contributed by atoms with Gasteiger partial charge in [-0.3, -0.25) is 9.59 Å². The summed E-state index contributed by atoms with van der Waals surface area (Å²) in [4.78, 5) is 26.4. The fraction of sp³-hybridized carbons (Fsp3) is 0.579.